The average molecular weight is 517 g/mol. The monoisotopic (exact) mass is 516 g/mol. The Morgan fingerprint density at radius 3 is 2.37 bits per heavy atom. The van der Waals surface area contributed by atoms with Crippen molar-refractivity contribution in [2.45, 2.75) is 56.7 Å². The van der Waals surface area contributed by atoms with Crippen LogP contribution < -0.4 is 11.5 Å². The van der Waals surface area contributed by atoms with Crippen molar-refractivity contribution in [3.63, 3.8) is 0 Å². The fraction of sp³-hybridized carbons (Fsp3) is 0.419. The van der Waals surface area contributed by atoms with E-state index in [1.54, 1.807) is 12.1 Å². The molecule has 0 spiro atoms. The molecule has 0 bridgehead atoms. The number of nitrogens with two attached hydrogens (primary N) is 2. The molecular formula is C31H37FN4O2. The first-order valence-electron chi connectivity index (χ1n) is 13.6. The Morgan fingerprint density at radius 1 is 1.00 bits per heavy atom. The molecule has 3 aromatic rings. The number of fused-ring (bicyclic) bond motifs is 1. The van der Waals surface area contributed by atoms with Gasteiger partial charge in [0.2, 0.25) is 11.8 Å². The quantitative estimate of drug-likeness (QED) is 0.454. The summed E-state index contributed by atoms with van der Waals surface area (Å²) < 4.78 is 13.3. The number of carbonyl (C=O) groups is 2. The van der Waals surface area contributed by atoms with Crippen molar-refractivity contribution < 1.29 is 14.0 Å². The van der Waals surface area contributed by atoms with Gasteiger partial charge in [-0.15, -0.1) is 0 Å². The summed E-state index contributed by atoms with van der Waals surface area (Å²) in [6.45, 7) is 3.55. The third-order valence-corrected chi connectivity index (χ3v) is 8.35. The van der Waals surface area contributed by atoms with Gasteiger partial charge in [-0.05, 0) is 66.1 Å². The molecule has 6 nitrogen and oxygen atoms in total. The number of hydrogen-bond donors (Lipinski definition) is 2. The molecule has 2 amide bonds. The average Bonchev–Trinajstić information content (AvgIpc) is 3.73. The van der Waals surface area contributed by atoms with Crippen LogP contribution in [0.5, 0.6) is 0 Å². The van der Waals surface area contributed by atoms with Crippen LogP contribution in [0, 0.1) is 11.7 Å². The number of carbonyl (C=O) groups excluding carboxylic acids is 2. The SMILES string of the molecule is CC(Cc1ccc2ccccc2c1)(C(N)=O)N1CCN(C(=O)C(N)Cc2ccc(F)cc2)C(CC2CC2)C1. The summed E-state index contributed by atoms with van der Waals surface area (Å²) in [5, 5.41) is 2.29. The van der Waals surface area contributed by atoms with Crippen LogP contribution in [-0.4, -0.2) is 58.9 Å². The van der Waals surface area contributed by atoms with Gasteiger partial charge in [-0.3, -0.25) is 14.5 Å². The molecule has 1 saturated heterocycles. The number of hydrogen-bond acceptors (Lipinski definition) is 4. The van der Waals surface area contributed by atoms with E-state index in [0.29, 0.717) is 38.4 Å². The molecule has 2 fully saturated rings. The third-order valence-electron chi connectivity index (χ3n) is 8.35. The van der Waals surface area contributed by atoms with Crippen molar-refractivity contribution in [1.29, 1.82) is 0 Å². The van der Waals surface area contributed by atoms with Crippen LogP contribution in [0.1, 0.15) is 37.3 Å². The van der Waals surface area contributed by atoms with Crippen LogP contribution in [0.4, 0.5) is 4.39 Å². The summed E-state index contributed by atoms with van der Waals surface area (Å²) >= 11 is 0. The fourth-order valence-electron chi connectivity index (χ4n) is 5.81. The third kappa shape index (κ3) is 5.74. The Balaban J connectivity index is 1.33. The molecule has 3 unspecified atom stereocenters. The number of rotatable bonds is 9. The van der Waals surface area contributed by atoms with Gasteiger partial charge < -0.3 is 16.4 Å². The van der Waals surface area contributed by atoms with Crippen molar-refractivity contribution in [3.8, 4) is 0 Å². The second-order valence-electron chi connectivity index (χ2n) is 11.2. The Hall–Kier alpha value is -3.29. The highest BCUT2D eigenvalue weighted by Gasteiger charge is 2.44. The van der Waals surface area contributed by atoms with E-state index in [1.807, 2.05) is 24.0 Å². The van der Waals surface area contributed by atoms with Crippen LogP contribution >= 0.6 is 0 Å². The minimum absolute atomic E-state index is 0.0294. The van der Waals surface area contributed by atoms with E-state index in [4.69, 9.17) is 11.5 Å². The van der Waals surface area contributed by atoms with Gasteiger partial charge in [-0.2, -0.15) is 0 Å². The lowest BCUT2D eigenvalue weighted by atomic mass is 9.87. The van der Waals surface area contributed by atoms with Gasteiger partial charge in [0.05, 0.1) is 6.04 Å². The minimum atomic E-state index is -0.879. The first kappa shape index (κ1) is 26.3. The molecule has 4 N–H and O–H groups in total. The highest BCUT2D eigenvalue weighted by Crippen LogP contribution is 2.37. The highest BCUT2D eigenvalue weighted by molar-refractivity contribution is 5.86. The zero-order chi connectivity index (χ0) is 26.9. The van der Waals surface area contributed by atoms with Crippen molar-refractivity contribution >= 4 is 22.6 Å². The smallest absolute Gasteiger partial charge is 0.240 e. The zero-order valence-electron chi connectivity index (χ0n) is 22.0. The number of amides is 2. The lowest BCUT2D eigenvalue weighted by Crippen LogP contribution is -2.66. The molecule has 0 radical (unpaired) electrons. The van der Waals surface area contributed by atoms with E-state index in [9.17, 15) is 14.0 Å². The Morgan fingerprint density at radius 2 is 1.68 bits per heavy atom. The molecule has 38 heavy (non-hydrogen) atoms. The molecule has 7 heteroatoms. The molecule has 1 heterocycles. The van der Waals surface area contributed by atoms with Crippen LogP contribution in [0.15, 0.2) is 66.7 Å². The molecule has 200 valence electrons. The standard InChI is InChI=1S/C31H37FN4O2/c1-31(30(34)38,19-23-8-11-24-4-2-3-5-25(24)16-23)35-14-15-36(27(20-35)17-21-6-7-21)29(37)28(33)18-22-9-12-26(32)13-10-22/h2-5,8-13,16,21,27-28H,6-7,14-15,17-20,33H2,1H3,(H2,34,38). The van der Waals surface area contributed by atoms with Crippen LogP contribution in [0.2, 0.25) is 0 Å². The van der Waals surface area contributed by atoms with Crippen LogP contribution in [0.3, 0.4) is 0 Å². The van der Waals surface area contributed by atoms with E-state index in [0.717, 1.165) is 28.3 Å². The molecule has 1 saturated carbocycles. The topological polar surface area (TPSA) is 92.7 Å². The van der Waals surface area contributed by atoms with Gasteiger partial charge >= 0.3 is 0 Å². The maximum atomic E-state index is 13.5. The molecule has 3 aromatic carbocycles. The predicted molar refractivity (Wildman–Crippen MR) is 148 cm³/mol. The van der Waals surface area contributed by atoms with Crippen molar-refractivity contribution in [1.82, 2.24) is 9.80 Å². The molecule has 2 aliphatic rings. The Bertz CT molecular complexity index is 1310. The normalized spacial score (nSPS) is 20.7. The number of benzene rings is 3. The maximum absolute atomic E-state index is 13.5. The maximum Gasteiger partial charge on any atom is 0.240 e. The summed E-state index contributed by atoms with van der Waals surface area (Å²) in [6.07, 6.45) is 4.10. The number of piperazine rings is 1. The van der Waals surface area contributed by atoms with Gasteiger partial charge in [-0.25, -0.2) is 4.39 Å². The second kappa shape index (κ2) is 10.8. The van der Waals surface area contributed by atoms with Crippen molar-refractivity contribution in [2.24, 2.45) is 17.4 Å². The van der Waals surface area contributed by atoms with Crippen LogP contribution in [0.25, 0.3) is 10.8 Å². The summed E-state index contributed by atoms with van der Waals surface area (Å²) in [7, 11) is 0. The van der Waals surface area contributed by atoms with Crippen LogP contribution in [-0.2, 0) is 22.4 Å². The molecule has 1 aliphatic carbocycles. The fourth-order valence-corrected chi connectivity index (χ4v) is 5.81. The second-order valence-corrected chi connectivity index (χ2v) is 11.2. The van der Waals surface area contributed by atoms with E-state index in [1.165, 1.54) is 25.0 Å². The Kier molecular flexibility index (Phi) is 7.50. The summed E-state index contributed by atoms with van der Waals surface area (Å²) in [4.78, 5) is 30.5. The molecule has 1 aliphatic heterocycles. The molecular weight excluding hydrogens is 479 g/mol. The highest BCUT2D eigenvalue weighted by atomic mass is 19.1. The minimum Gasteiger partial charge on any atom is -0.368 e. The van der Waals surface area contributed by atoms with Crippen molar-refractivity contribution in [3.05, 3.63) is 83.7 Å². The van der Waals surface area contributed by atoms with Gasteiger partial charge in [0.1, 0.15) is 11.4 Å². The van der Waals surface area contributed by atoms with E-state index < -0.39 is 11.6 Å². The number of nitrogens with zero attached hydrogens (tertiary/aromatic N) is 2. The van der Waals surface area contributed by atoms with Gasteiger partial charge in [0.15, 0.2) is 0 Å². The summed E-state index contributed by atoms with van der Waals surface area (Å²) in [5.41, 5.74) is 13.4. The molecule has 0 aromatic heterocycles. The van der Waals surface area contributed by atoms with Gasteiger partial charge in [-0.1, -0.05) is 67.4 Å². The van der Waals surface area contributed by atoms with Gasteiger partial charge in [0, 0.05) is 25.7 Å². The Labute approximate surface area is 223 Å². The largest absolute Gasteiger partial charge is 0.368 e. The zero-order valence-corrected chi connectivity index (χ0v) is 22.0. The van der Waals surface area contributed by atoms with E-state index >= 15 is 0 Å². The van der Waals surface area contributed by atoms with E-state index in [-0.39, 0.29) is 23.7 Å². The predicted octanol–water partition coefficient (Wildman–Crippen LogP) is 3.65. The molecule has 3 atom stereocenters. The first-order chi connectivity index (χ1) is 18.2. The number of primary amides is 1. The summed E-state index contributed by atoms with van der Waals surface area (Å²) in [5.74, 6) is -0.155. The van der Waals surface area contributed by atoms with Crippen molar-refractivity contribution in [2.75, 3.05) is 19.6 Å². The first-order valence-corrected chi connectivity index (χ1v) is 13.6. The van der Waals surface area contributed by atoms with E-state index in [2.05, 4.69) is 35.2 Å². The lowest BCUT2D eigenvalue weighted by molar-refractivity contribution is -0.142. The number of halogens is 1. The van der Waals surface area contributed by atoms with Gasteiger partial charge in [0.25, 0.3) is 0 Å². The summed E-state index contributed by atoms with van der Waals surface area (Å²) in [6, 6.07) is 19.9. The molecule has 5 rings (SSSR count). The lowest BCUT2D eigenvalue weighted by Gasteiger charge is -2.48.